The molecule has 1 aliphatic rings. The molecule has 0 aromatic carbocycles. The highest BCUT2D eigenvalue weighted by Crippen LogP contribution is 2.26. The standard InChI is InChI=1S/C14H22N2OS/c1-14(2,12-7-5-9-18-12)10-16-13(17)11-6-3-4-8-15-11/h5,7,9,11,15H,3-4,6,8,10H2,1-2H3,(H,16,17)/t11-/m0/s1. The van der Waals surface area contributed by atoms with Crippen LogP contribution in [-0.2, 0) is 10.2 Å². The van der Waals surface area contributed by atoms with Gasteiger partial charge in [0, 0.05) is 16.8 Å². The van der Waals surface area contributed by atoms with E-state index in [0.717, 1.165) is 19.4 Å². The topological polar surface area (TPSA) is 41.1 Å². The van der Waals surface area contributed by atoms with Gasteiger partial charge in [0.25, 0.3) is 0 Å². The van der Waals surface area contributed by atoms with Crippen LogP contribution in [0.3, 0.4) is 0 Å². The molecule has 1 fully saturated rings. The van der Waals surface area contributed by atoms with E-state index in [2.05, 4.69) is 42.0 Å². The molecule has 0 radical (unpaired) electrons. The quantitative estimate of drug-likeness (QED) is 0.878. The maximum Gasteiger partial charge on any atom is 0.237 e. The molecule has 2 rings (SSSR count). The minimum Gasteiger partial charge on any atom is -0.354 e. The Balaban J connectivity index is 1.85. The summed E-state index contributed by atoms with van der Waals surface area (Å²) >= 11 is 1.75. The summed E-state index contributed by atoms with van der Waals surface area (Å²) in [4.78, 5) is 13.4. The molecule has 1 aromatic rings. The zero-order valence-corrected chi connectivity index (χ0v) is 12.0. The highest BCUT2D eigenvalue weighted by atomic mass is 32.1. The van der Waals surface area contributed by atoms with E-state index in [-0.39, 0.29) is 17.4 Å². The predicted octanol–water partition coefficient (Wildman–Crippen LogP) is 2.28. The van der Waals surface area contributed by atoms with E-state index < -0.39 is 0 Å². The van der Waals surface area contributed by atoms with Crippen molar-refractivity contribution in [2.75, 3.05) is 13.1 Å². The molecule has 1 atom stereocenters. The van der Waals surface area contributed by atoms with Crippen molar-refractivity contribution in [1.82, 2.24) is 10.6 Å². The molecule has 0 aliphatic carbocycles. The summed E-state index contributed by atoms with van der Waals surface area (Å²) in [6.07, 6.45) is 3.30. The second kappa shape index (κ2) is 5.85. The first-order chi connectivity index (χ1) is 8.59. The molecule has 18 heavy (non-hydrogen) atoms. The van der Waals surface area contributed by atoms with Crippen molar-refractivity contribution in [2.24, 2.45) is 0 Å². The molecule has 0 unspecified atom stereocenters. The highest BCUT2D eigenvalue weighted by Gasteiger charge is 2.25. The Morgan fingerprint density at radius 2 is 2.39 bits per heavy atom. The summed E-state index contributed by atoms with van der Waals surface area (Å²) in [6.45, 7) is 6.01. The smallest absolute Gasteiger partial charge is 0.237 e. The molecule has 2 N–H and O–H groups in total. The molecule has 0 saturated carbocycles. The number of amides is 1. The fourth-order valence-electron chi connectivity index (χ4n) is 2.26. The van der Waals surface area contributed by atoms with E-state index in [9.17, 15) is 4.79 Å². The molecule has 2 heterocycles. The van der Waals surface area contributed by atoms with Gasteiger partial charge in [-0.05, 0) is 30.8 Å². The van der Waals surface area contributed by atoms with Crippen molar-refractivity contribution in [1.29, 1.82) is 0 Å². The van der Waals surface area contributed by atoms with Gasteiger partial charge >= 0.3 is 0 Å². The molecular formula is C14H22N2OS. The van der Waals surface area contributed by atoms with Crippen LogP contribution in [0.15, 0.2) is 17.5 Å². The molecular weight excluding hydrogens is 244 g/mol. The average molecular weight is 266 g/mol. The maximum absolute atomic E-state index is 12.0. The second-order valence-electron chi connectivity index (χ2n) is 5.58. The number of rotatable bonds is 4. The van der Waals surface area contributed by atoms with Gasteiger partial charge < -0.3 is 10.6 Å². The van der Waals surface area contributed by atoms with Gasteiger partial charge in [-0.1, -0.05) is 26.3 Å². The van der Waals surface area contributed by atoms with Crippen molar-refractivity contribution < 1.29 is 4.79 Å². The first kappa shape index (κ1) is 13.6. The second-order valence-corrected chi connectivity index (χ2v) is 6.53. The minimum atomic E-state index is 0.0119. The van der Waals surface area contributed by atoms with Gasteiger partial charge in [0.1, 0.15) is 0 Å². The number of nitrogens with one attached hydrogen (secondary N) is 2. The third-order valence-electron chi connectivity index (χ3n) is 3.52. The van der Waals surface area contributed by atoms with Crippen LogP contribution in [0.2, 0.25) is 0 Å². The summed E-state index contributed by atoms with van der Waals surface area (Å²) in [5.74, 6) is 0.152. The number of carbonyl (C=O) groups excluding carboxylic acids is 1. The molecule has 0 bridgehead atoms. The third-order valence-corrected chi connectivity index (χ3v) is 4.76. The van der Waals surface area contributed by atoms with Gasteiger partial charge in [-0.2, -0.15) is 0 Å². The van der Waals surface area contributed by atoms with Gasteiger partial charge in [-0.3, -0.25) is 4.79 Å². The fraction of sp³-hybridized carbons (Fsp3) is 0.643. The van der Waals surface area contributed by atoms with E-state index in [1.165, 1.54) is 11.3 Å². The average Bonchev–Trinajstić information content (AvgIpc) is 2.92. The van der Waals surface area contributed by atoms with Crippen molar-refractivity contribution in [3.8, 4) is 0 Å². The Hall–Kier alpha value is -0.870. The molecule has 4 heteroatoms. The van der Waals surface area contributed by atoms with Crippen LogP contribution in [0, 0.1) is 0 Å². The van der Waals surface area contributed by atoms with Gasteiger partial charge in [0.05, 0.1) is 6.04 Å². The predicted molar refractivity (Wildman–Crippen MR) is 76.0 cm³/mol. The van der Waals surface area contributed by atoms with Crippen LogP contribution < -0.4 is 10.6 Å². The Bertz CT molecular complexity index is 381. The van der Waals surface area contributed by atoms with E-state index in [1.54, 1.807) is 11.3 Å². The Morgan fingerprint density at radius 3 is 3.00 bits per heavy atom. The molecule has 3 nitrogen and oxygen atoms in total. The zero-order chi connectivity index (χ0) is 13.0. The summed E-state index contributed by atoms with van der Waals surface area (Å²) in [6, 6.07) is 4.21. The van der Waals surface area contributed by atoms with Crippen LogP contribution in [-0.4, -0.2) is 25.0 Å². The van der Waals surface area contributed by atoms with Crippen molar-refractivity contribution in [3.63, 3.8) is 0 Å². The van der Waals surface area contributed by atoms with Crippen LogP contribution in [0.5, 0.6) is 0 Å². The maximum atomic E-state index is 12.0. The number of carbonyl (C=O) groups is 1. The number of hydrogen-bond donors (Lipinski definition) is 2. The summed E-state index contributed by atoms with van der Waals surface area (Å²) in [5.41, 5.74) is 0.0124. The lowest BCUT2D eigenvalue weighted by Crippen LogP contribution is -2.49. The SMILES string of the molecule is CC(C)(CNC(=O)[C@@H]1CCCCN1)c1cccs1. The van der Waals surface area contributed by atoms with Crippen LogP contribution >= 0.6 is 11.3 Å². The fourth-order valence-corrected chi connectivity index (χ4v) is 3.11. The Labute approximate surface area is 113 Å². The summed E-state index contributed by atoms with van der Waals surface area (Å²) < 4.78 is 0. The van der Waals surface area contributed by atoms with Crippen molar-refractivity contribution in [3.05, 3.63) is 22.4 Å². The van der Waals surface area contributed by atoms with Gasteiger partial charge in [-0.25, -0.2) is 0 Å². The third kappa shape index (κ3) is 3.33. The van der Waals surface area contributed by atoms with E-state index >= 15 is 0 Å². The molecule has 100 valence electrons. The monoisotopic (exact) mass is 266 g/mol. The first-order valence-electron chi connectivity index (χ1n) is 6.65. The summed E-state index contributed by atoms with van der Waals surface area (Å²) in [5, 5.41) is 8.45. The zero-order valence-electron chi connectivity index (χ0n) is 11.2. The number of piperidine rings is 1. The van der Waals surface area contributed by atoms with E-state index in [0.29, 0.717) is 6.54 Å². The highest BCUT2D eigenvalue weighted by molar-refractivity contribution is 7.10. The minimum absolute atomic E-state index is 0.0119. The van der Waals surface area contributed by atoms with E-state index in [1.807, 2.05) is 0 Å². The Morgan fingerprint density at radius 1 is 1.56 bits per heavy atom. The van der Waals surface area contributed by atoms with Crippen molar-refractivity contribution >= 4 is 17.2 Å². The molecule has 1 saturated heterocycles. The largest absolute Gasteiger partial charge is 0.354 e. The summed E-state index contributed by atoms with van der Waals surface area (Å²) in [7, 11) is 0. The number of hydrogen-bond acceptors (Lipinski definition) is 3. The lowest BCUT2D eigenvalue weighted by Gasteiger charge is -2.27. The molecule has 1 aliphatic heterocycles. The van der Waals surface area contributed by atoms with Crippen molar-refractivity contribution in [2.45, 2.75) is 44.6 Å². The Kier molecular flexibility index (Phi) is 4.40. The molecule has 1 aromatic heterocycles. The van der Waals surface area contributed by atoms with Crippen LogP contribution in [0.1, 0.15) is 38.0 Å². The van der Waals surface area contributed by atoms with Gasteiger partial charge in [0.15, 0.2) is 0 Å². The van der Waals surface area contributed by atoms with Crippen LogP contribution in [0.25, 0.3) is 0 Å². The normalized spacial score (nSPS) is 20.7. The van der Waals surface area contributed by atoms with Gasteiger partial charge in [-0.15, -0.1) is 11.3 Å². The molecule has 0 spiro atoms. The molecule has 1 amide bonds. The van der Waals surface area contributed by atoms with Gasteiger partial charge in [0.2, 0.25) is 5.91 Å². The number of thiophene rings is 1. The lowest BCUT2D eigenvalue weighted by atomic mass is 9.91. The first-order valence-corrected chi connectivity index (χ1v) is 7.53. The lowest BCUT2D eigenvalue weighted by molar-refractivity contribution is -0.123. The van der Waals surface area contributed by atoms with Crippen LogP contribution in [0.4, 0.5) is 0 Å². The van der Waals surface area contributed by atoms with E-state index in [4.69, 9.17) is 0 Å².